The molecule has 3 rings (SSSR count). The Balaban J connectivity index is 2.09. The van der Waals surface area contributed by atoms with Gasteiger partial charge in [-0.3, -0.25) is 0 Å². The van der Waals surface area contributed by atoms with Crippen LogP contribution in [0.3, 0.4) is 0 Å². The summed E-state index contributed by atoms with van der Waals surface area (Å²) in [5.41, 5.74) is 1.85. The van der Waals surface area contributed by atoms with E-state index in [0.29, 0.717) is 5.56 Å². The molecule has 0 aromatic heterocycles. The quantitative estimate of drug-likeness (QED) is 0.662. The van der Waals surface area contributed by atoms with E-state index in [0.717, 1.165) is 16.7 Å². The van der Waals surface area contributed by atoms with E-state index in [4.69, 9.17) is 9.47 Å². The topological polar surface area (TPSA) is 72.8 Å². The van der Waals surface area contributed by atoms with Crippen molar-refractivity contribution in [3.05, 3.63) is 76.5 Å². The van der Waals surface area contributed by atoms with Crippen LogP contribution in [-0.2, 0) is 36.3 Å². The molecule has 0 aliphatic carbocycles. The summed E-state index contributed by atoms with van der Waals surface area (Å²) in [4.78, 5) is 25.5. The minimum Gasteiger partial charge on any atom is -0.502 e. The zero-order valence-electron chi connectivity index (χ0n) is 19.9. The van der Waals surface area contributed by atoms with Gasteiger partial charge in [0.25, 0.3) is 0 Å². The molecule has 1 N–H and O–H groups in total. The maximum absolute atomic E-state index is 13.0. The van der Waals surface area contributed by atoms with Gasteiger partial charge in [-0.05, 0) is 33.1 Å². The number of hydrogen-bond acceptors (Lipinski definition) is 5. The van der Waals surface area contributed by atoms with Gasteiger partial charge in [0.1, 0.15) is 0 Å². The molecule has 0 bridgehead atoms. The normalized spacial score (nSPS) is 19.2. The fraction of sp³-hybridized carbons (Fsp3) is 0.407. The van der Waals surface area contributed by atoms with Crippen LogP contribution in [0.1, 0.15) is 63.8 Å². The van der Waals surface area contributed by atoms with Crippen LogP contribution >= 0.6 is 0 Å². The van der Waals surface area contributed by atoms with E-state index in [1.807, 2.05) is 36.4 Å². The van der Waals surface area contributed by atoms with Crippen molar-refractivity contribution in [2.45, 2.75) is 64.4 Å². The van der Waals surface area contributed by atoms with Gasteiger partial charge in [0.05, 0.1) is 12.7 Å². The SMILES string of the molecule is COC(=O)C1(Cc2ccc(C(C)(C)C)cc2)OC(=O)C(O)=C1c1ccc(C(C)(C)C)cc1. The molecule has 0 spiro atoms. The Bertz CT molecular complexity index is 1050. The lowest BCUT2D eigenvalue weighted by Crippen LogP contribution is -2.44. The van der Waals surface area contributed by atoms with Gasteiger partial charge >= 0.3 is 11.9 Å². The molecule has 5 nitrogen and oxygen atoms in total. The molecule has 1 unspecified atom stereocenters. The van der Waals surface area contributed by atoms with Crippen LogP contribution in [0.5, 0.6) is 0 Å². The first-order valence-corrected chi connectivity index (χ1v) is 10.8. The minimum atomic E-state index is -1.76. The number of rotatable bonds is 4. The number of aliphatic hydroxyl groups is 1. The molecule has 0 saturated carbocycles. The monoisotopic (exact) mass is 436 g/mol. The number of hydrogen-bond donors (Lipinski definition) is 1. The molecule has 0 saturated heterocycles. The Kier molecular flexibility index (Phi) is 5.98. The number of carbonyl (C=O) groups excluding carboxylic acids is 2. The first-order chi connectivity index (χ1) is 14.8. The molecule has 5 heteroatoms. The molecule has 1 aliphatic heterocycles. The lowest BCUT2D eigenvalue weighted by atomic mass is 9.80. The molecule has 1 heterocycles. The molecule has 170 valence electrons. The maximum atomic E-state index is 13.0. The van der Waals surface area contributed by atoms with Crippen molar-refractivity contribution in [1.29, 1.82) is 0 Å². The third-order valence-electron chi connectivity index (χ3n) is 5.93. The van der Waals surface area contributed by atoms with Crippen LogP contribution in [0.15, 0.2) is 54.3 Å². The van der Waals surface area contributed by atoms with E-state index in [1.54, 1.807) is 12.1 Å². The summed E-state index contributed by atoms with van der Waals surface area (Å²) in [6.07, 6.45) is 0.0518. The Labute approximate surface area is 190 Å². The van der Waals surface area contributed by atoms with Gasteiger partial charge in [-0.15, -0.1) is 0 Å². The summed E-state index contributed by atoms with van der Waals surface area (Å²) in [5, 5.41) is 10.6. The average Bonchev–Trinajstić information content (AvgIpc) is 2.97. The number of esters is 2. The first-order valence-electron chi connectivity index (χ1n) is 10.8. The molecular weight excluding hydrogens is 404 g/mol. The third kappa shape index (κ3) is 4.29. The number of carbonyl (C=O) groups is 2. The lowest BCUT2D eigenvalue weighted by molar-refractivity contribution is -0.169. The van der Waals surface area contributed by atoms with Crippen molar-refractivity contribution in [3.8, 4) is 0 Å². The number of ether oxygens (including phenoxy) is 2. The highest BCUT2D eigenvalue weighted by Gasteiger charge is 2.55. The van der Waals surface area contributed by atoms with Crippen molar-refractivity contribution in [3.63, 3.8) is 0 Å². The Morgan fingerprint density at radius 3 is 1.81 bits per heavy atom. The molecule has 32 heavy (non-hydrogen) atoms. The fourth-order valence-electron chi connectivity index (χ4n) is 3.97. The van der Waals surface area contributed by atoms with Crippen LogP contribution in [0, 0.1) is 0 Å². The highest BCUT2D eigenvalue weighted by atomic mass is 16.6. The van der Waals surface area contributed by atoms with Gasteiger partial charge in [-0.2, -0.15) is 0 Å². The predicted octanol–water partition coefficient (Wildman–Crippen LogP) is 5.26. The van der Waals surface area contributed by atoms with E-state index in [1.165, 1.54) is 7.11 Å². The summed E-state index contributed by atoms with van der Waals surface area (Å²) >= 11 is 0. The van der Waals surface area contributed by atoms with E-state index >= 15 is 0 Å². The summed E-state index contributed by atoms with van der Waals surface area (Å²) in [6, 6.07) is 15.3. The van der Waals surface area contributed by atoms with Crippen LogP contribution in [0.2, 0.25) is 0 Å². The molecule has 2 aromatic rings. The summed E-state index contributed by atoms with van der Waals surface area (Å²) in [6.45, 7) is 12.7. The van der Waals surface area contributed by atoms with Crippen LogP contribution in [-0.4, -0.2) is 29.8 Å². The smallest absolute Gasteiger partial charge is 0.375 e. The van der Waals surface area contributed by atoms with E-state index < -0.39 is 23.3 Å². The van der Waals surface area contributed by atoms with E-state index in [2.05, 4.69) is 41.5 Å². The van der Waals surface area contributed by atoms with Crippen LogP contribution < -0.4 is 0 Å². The molecule has 0 amide bonds. The predicted molar refractivity (Wildman–Crippen MR) is 124 cm³/mol. The number of cyclic esters (lactones) is 1. The summed E-state index contributed by atoms with van der Waals surface area (Å²) in [5.74, 6) is -2.23. The van der Waals surface area contributed by atoms with Crippen molar-refractivity contribution in [1.82, 2.24) is 0 Å². The van der Waals surface area contributed by atoms with Gasteiger partial charge in [0.2, 0.25) is 11.4 Å². The van der Waals surface area contributed by atoms with Crippen molar-refractivity contribution in [2.75, 3.05) is 7.11 Å². The first kappa shape index (κ1) is 23.6. The second-order valence-electron chi connectivity index (χ2n) is 10.4. The Morgan fingerprint density at radius 2 is 1.38 bits per heavy atom. The van der Waals surface area contributed by atoms with Crippen molar-refractivity contribution >= 4 is 17.5 Å². The van der Waals surface area contributed by atoms with Gasteiger partial charge in [-0.25, -0.2) is 9.59 Å². The van der Waals surface area contributed by atoms with E-state index in [-0.39, 0.29) is 22.8 Å². The summed E-state index contributed by atoms with van der Waals surface area (Å²) in [7, 11) is 1.25. The number of methoxy groups -OCH3 is 1. The average molecular weight is 437 g/mol. The van der Waals surface area contributed by atoms with Gasteiger partial charge in [0.15, 0.2) is 0 Å². The highest BCUT2D eigenvalue weighted by molar-refractivity contribution is 6.11. The zero-order valence-corrected chi connectivity index (χ0v) is 19.9. The molecule has 0 fully saturated rings. The van der Waals surface area contributed by atoms with Gasteiger partial charge in [0, 0.05) is 6.42 Å². The van der Waals surface area contributed by atoms with Crippen LogP contribution in [0.25, 0.3) is 5.57 Å². The molecule has 1 aliphatic rings. The standard InChI is InChI=1S/C27H32O5/c1-25(2,3)19-12-8-17(9-13-19)16-27(24(30)31-7)21(22(28)23(29)32-27)18-10-14-20(15-11-18)26(4,5)6/h8-15,28H,16H2,1-7H3. The lowest BCUT2D eigenvalue weighted by Gasteiger charge is -2.29. The third-order valence-corrected chi connectivity index (χ3v) is 5.93. The zero-order chi connectivity index (χ0) is 23.9. The van der Waals surface area contributed by atoms with Crippen molar-refractivity contribution < 1.29 is 24.2 Å². The number of benzene rings is 2. The highest BCUT2D eigenvalue weighted by Crippen LogP contribution is 2.43. The largest absolute Gasteiger partial charge is 0.502 e. The second kappa shape index (κ2) is 8.12. The number of aliphatic hydroxyl groups excluding tert-OH is 1. The van der Waals surface area contributed by atoms with Crippen LogP contribution in [0.4, 0.5) is 0 Å². The molecule has 2 aromatic carbocycles. The van der Waals surface area contributed by atoms with Gasteiger partial charge < -0.3 is 14.6 Å². The Hall–Kier alpha value is -3.08. The Morgan fingerprint density at radius 1 is 0.906 bits per heavy atom. The fourth-order valence-corrected chi connectivity index (χ4v) is 3.97. The molecular formula is C27H32O5. The summed E-state index contributed by atoms with van der Waals surface area (Å²) < 4.78 is 10.6. The minimum absolute atomic E-state index is 0.0173. The second-order valence-corrected chi connectivity index (χ2v) is 10.4. The maximum Gasteiger partial charge on any atom is 0.375 e. The van der Waals surface area contributed by atoms with Gasteiger partial charge in [-0.1, -0.05) is 90.1 Å². The molecule has 0 radical (unpaired) electrons. The van der Waals surface area contributed by atoms with Crippen molar-refractivity contribution in [2.24, 2.45) is 0 Å². The molecule has 1 atom stereocenters. The van der Waals surface area contributed by atoms with E-state index in [9.17, 15) is 14.7 Å².